The van der Waals surface area contributed by atoms with Crippen LogP contribution in [0.15, 0.2) is 23.6 Å². The van der Waals surface area contributed by atoms with Crippen molar-refractivity contribution in [3.63, 3.8) is 0 Å². The van der Waals surface area contributed by atoms with Gasteiger partial charge < -0.3 is 9.33 Å². The predicted molar refractivity (Wildman–Crippen MR) is 82.4 cm³/mol. The molecule has 0 saturated heterocycles. The first kappa shape index (κ1) is 16.0. The van der Waals surface area contributed by atoms with Crippen LogP contribution < -0.4 is 0 Å². The van der Waals surface area contributed by atoms with Gasteiger partial charge in [-0.05, 0) is 37.0 Å². The van der Waals surface area contributed by atoms with Crippen molar-refractivity contribution in [3.05, 3.63) is 23.6 Å². The minimum absolute atomic E-state index is 0.0600. The molecule has 0 unspecified atom stereocenters. The molecule has 3 nitrogen and oxygen atoms in total. The molecule has 0 radical (unpaired) electrons. The molecule has 1 aliphatic rings. The zero-order valence-corrected chi connectivity index (χ0v) is 14.3. The van der Waals surface area contributed by atoms with Crippen LogP contribution in [0.3, 0.4) is 0 Å². The lowest BCUT2D eigenvalue weighted by atomic mass is 9.99. The third kappa shape index (κ3) is 3.96. The van der Waals surface area contributed by atoms with Gasteiger partial charge in [-0.2, -0.15) is 0 Å². The van der Waals surface area contributed by atoms with E-state index in [2.05, 4.69) is 33.9 Å². The molecule has 0 heterocycles. The average molecular weight is 281 g/mol. The molecule has 0 bridgehead atoms. The van der Waals surface area contributed by atoms with Crippen LogP contribution in [0.5, 0.6) is 0 Å². The predicted octanol–water partition coefficient (Wildman–Crippen LogP) is 3.70. The Labute approximate surface area is 118 Å². The molecule has 0 atom stereocenters. The largest absolute Gasteiger partial charge is 0.541 e. The molecule has 0 aromatic carbocycles. The zero-order valence-electron chi connectivity index (χ0n) is 13.3. The van der Waals surface area contributed by atoms with Crippen molar-refractivity contribution in [2.24, 2.45) is 0 Å². The summed E-state index contributed by atoms with van der Waals surface area (Å²) < 4.78 is 6.16. The monoisotopic (exact) mass is 281 g/mol. The number of carbonyl (C=O) groups is 1. The van der Waals surface area contributed by atoms with E-state index in [4.69, 9.17) is 4.43 Å². The van der Waals surface area contributed by atoms with Crippen LogP contribution in [0, 0.1) is 0 Å². The number of rotatable bonds is 3. The molecule has 0 spiro atoms. The molecule has 0 amide bonds. The van der Waals surface area contributed by atoms with Crippen LogP contribution in [0.25, 0.3) is 0 Å². The zero-order chi connectivity index (χ0) is 14.8. The molecule has 1 aliphatic carbocycles. The summed E-state index contributed by atoms with van der Waals surface area (Å²) in [6.45, 7) is 10.9. The van der Waals surface area contributed by atoms with Crippen molar-refractivity contribution < 1.29 is 9.22 Å². The standard InChI is InChI=1S/C15H27NO2Si/c1-15(2,3)19(6,7)18-13-10-8-9-12(14(13)17)11-16(4)5/h10-11H,8-9H2,1-7H3/b12-11-. The highest BCUT2D eigenvalue weighted by Crippen LogP contribution is 2.39. The summed E-state index contributed by atoms with van der Waals surface area (Å²) in [7, 11) is 1.94. The van der Waals surface area contributed by atoms with Gasteiger partial charge in [-0.25, -0.2) is 0 Å². The summed E-state index contributed by atoms with van der Waals surface area (Å²) >= 11 is 0. The van der Waals surface area contributed by atoms with E-state index in [1.807, 2.05) is 31.3 Å². The van der Waals surface area contributed by atoms with Crippen LogP contribution in [0.2, 0.25) is 18.1 Å². The first-order chi connectivity index (χ1) is 8.54. The van der Waals surface area contributed by atoms with Gasteiger partial charge in [-0.15, -0.1) is 0 Å². The van der Waals surface area contributed by atoms with Crippen molar-refractivity contribution in [2.75, 3.05) is 14.1 Å². The normalized spacial score (nSPS) is 19.4. The van der Waals surface area contributed by atoms with Gasteiger partial charge in [0.25, 0.3) is 8.32 Å². The smallest absolute Gasteiger partial charge is 0.250 e. The molecular weight excluding hydrogens is 254 g/mol. The van der Waals surface area contributed by atoms with E-state index in [0.717, 1.165) is 18.4 Å². The lowest BCUT2D eigenvalue weighted by molar-refractivity contribution is -0.114. The summed E-state index contributed by atoms with van der Waals surface area (Å²) in [5.41, 5.74) is 0.848. The second-order valence-corrected chi connectivity index (χ2v) is 11.6. The van der Waals surface area contributed by atoms with Crippen LogP contribution in [-0.2, 0) is 9.22 Å². The SMILES string of the molecule is CN(C)/C=C1/CCC=C(O[Si](C)(C)C(C)(C)C)C1=O. The van der Waals surface area contributed by atoms with Crippen molar-refractivity contribution in [3.8, 4) is 0 Å². The lowest BCUT2D eigenvalue weighted by Crippen LogP contribution is -2.41. The van der Waals surface area contributed by atoms with Gasteiger partial charge >= 0.3 is 0 Å². The molecule has 0 N–H and O–H groups in total. The highest BCUT2D eigenvalue weighted by atomic mass is 28.4. The number of hydrogen-bond donors (Lipinski definition) is 0. The Balaban J connectivity index is 2.92. The Morgan fingerprint density at radius 2 is 1.89 bits per heavy atom. The maximum atomic E-state index is 12.4. The van der Waals surface area contributed by atoms with Gasteiger partial charge in [0.1, 0.15) is 5.76 Å². The highest BCUT2D eigenvalue weighted by Gasteiger charge is 2.40. The van der Waals surface area contributed by atoms with Gasteiger partial charge in [0.15, 0.2) is 0 Å². The Morgan fingerprint density at radius 3 is 2.37 bits per heavy atom. The van der Waals surface area contributed by atoms with E-state index in [1.165, 1.54) is 0 Å². The number of ketones is 1. The second-order valence-electron chi connectivity index (χ2n) is 6.92. The van der Waals surface area contributed by atoms with E-state index in [1.54, 1.807) is 0 Å². The summed E-state index contributed by atoms with van der Waals surface area (Å²) in [6, 6.07) is 0. The van der Waals surface area contributed by atoms with Gasteiger partial charge in [-0.3, -0.25) is 4.79 Å². The van der Waals surface area contributed by atoms with E-state index in [0.29, 0.717) is 5.76 Å². The van der Waals surface area contributed by atoms with E-state index >= 15 is 0 Å². The fraction of sp³-hybridized carbons (Fsp3) is 0.667. The molecule has 0 saturated carbocycles. The number of allylic oxidation sites excluding steroid dienone is 2. The van der Waals surface area contributed by atoms with Gasteiger partial charge in [-0.1, -0.05) is 20.8 Å². The fourth-order valence-corrected chi connectivity index (χ4v) is 2.71. The van der Waals surface area contributed by atoms with E-state index in [-0.39, 0.29) is 10.8 Å². The van der Waals surface area contributed by atoms with Crippen molar-refractivity contribution in [1.82, 2.24) is 4.90 Å². The molecule has 108 valence electrons. The molecule has 19 heavy (non-hydrogen) atoms. The van der Waals surface area contributed by atoms with E-state index in [9.17, 15) is 4.79 Å². The van der Waals surface area contributed by atoms with E-state index < -0.39 is 8.32 Å². The van der Waals surface area contributed by atoms with Gasteiger partial charge in [0.05, 0.1) is 0 Å². The highest BCUT2D eigenvalue weighted by molar-refractivity contribution is 6.74. The van der Waals surface area contributed by atoms with Crippen molar-refractivity contribution in [2.45, 2.75) is 51.7 Å². The summed E-state index contributed by atoms with van der Waals surface area (Å²) in [5.74, 6) is 0.621. The molecule has 0 aromatic heterocycles. The Morgan fingerprint density at radius 1 is 1.32 bits per heavy atom. The summed E-state index contributed by atoms with van der Waals surface area (Å²) in [4.78, 5) is 14.3. The topological polar surface area (TPSA) is 29.5 Å². The molecule has 0 fully saturated rings. The van der Waals surface area contributed by atoms with Gasteiger partial charge in [0, 0.05) is 25.9 Å². The summed E-state index contributed by atoms with van der Waals surface area (Å²) in [5, 5.41) is 0.108. The van der Waals surface area contributed by atoms with Crippen molar-refractivity contribution >= 4 is 14.1 Å². The Hall–Kier alpha value is -1.03. The number of Topliss-reactive ketones (excluding diaryl/α,β-unsaturated/α-hetero) is 1. The summed E-state index contributed by atoms with van der Waals surface area (Å²) in [6.07, 6.45) is 5.55. The number of carbonyl (C=O) groups excluding carboxylic acids is 1. The Kier molecular flexibility index (Phi) is 4.66. The molecule has 4 heteroatoms. The Bertz CT molecular complexity index is 414. The van der Waals surface area contributed by atoms with Gasteiger partial charge in [0.2, 0.25) is 5.78 Å². The maximum Gasteiger partial charge on any atom is 0.250 e. The second kappa shape index (κ2) is 5.53. The minimum Gasteiger partial charge on any atom is -0.541 e. The molecule has 0 aliphatic heterocycles. The van der Waals surface area contributed by atoms with Crippen LogP contribution in [-0.4, -0.2) is 33.1 Å². The maximum absolute atomic E-state index is 12.4. The quantitative estimate of drug-likeness (QED) is 0.583. The molecule has 1 rings (SSSR count). The van der Waals surface area contributed by atoms with Crippen molar-refractivity contribution in [1.29, 1.82) is 0 Å². The first-order valence-electron chi connectivity index (χ1n) is 6.85. The fourth-order valence-electron chi connectivity index (χ4n) is 1.67. The minimum atomic E-state index is -1.93. The lowest BCUT2D eigenvalue weighted by Gasteiger charge is -2.37. The number of hydrogen-bond acceptors (Lipinski definition) is 3. The first-order valence-corrected chi connectivity index (χ1v) is 9.76. The molecule has 0 aromatic rings. The average Bonchev–Trinajstić information content (AvgIpc) is 2.21. The number of nitrogens with zero attached hydrogens (tertiary/aromatic N) is 1. The van der Waals surface area contributed by atoms with Crippen LogP contribution in [0.4, 0.5) is 0 Å². The van der Waals surface area contributed by atoms with Crippen LogP contribution >= 0.6 is 0 Å². The third-order valence-corrected chi connectivity index (χ3v) is 8.19. The van der Waals surface area contributed by atoms with Crippen LogP contribution in [0.1, 0.15) is 33.6 Å². The third-order valence-electron chi connectivity index (χ3n) is 3.84. The molecular formula is C15H27NO2Si.